The van der Waals surface area contributed by atoms with Gasteiger partial charge < -0.3 is 9.88 Å². The number of nitrogens with one attached hydrogen (secondary N) is 1. The first-order valence-electron chi connectivity index (χ1n) is 8.05. The first-order chi connectivity index (χ1) is 11.7. The number of nitrogens with zero attached hydrogens (tertiary/aromatic N) is 3. The SMILES string of the molecule is O=C(c1cccc(F)c1)N1CCC(c2cc3nccnc3[nH]2)CC1. The molecule has 1 aliphatic heterocycles. The molecule has 0 atom stereocenters. The fourth-order valence-corrected chi connectivity index (χ4v) is 3.29. The molecule has 0 unspecified atom stereocenters. The van der Waals surface area contributed by atoms with Crippen LogP contribution in [-0.4, -0.2) is 38.8 Å². The molecule has 0 aliphatic carbocycles. The first-order valence-corrected chi connectivity index (χ1v) is 8.05. The normalized spacial score (nSPS) is 15.8. The highest BCUT2D eigenvalue weighted by molar-refractivity contribution is 5.94. The molecule has 0 bridgehead atoms. The molecule has 1 fully saturated rings. The quantitative estimate of drug-likeness (QED) is 0.788. The van der Waals surface area contributed by atoms with Gasteiger partial charge in [-0.3, -0.25) is 9.78 Å². The third-order valence-electron chi connectivity index (χ3n) is 4.58. The molecule has 1 N–H and O–H groups in total. The molecule has 0 spiro atoms. The molecule has 1 amide bonds. The van der Waals surface area contributed by atoms with Crippen LogP contribution in [0.2, 0.25) is 0 Å². The average molecular weight is 324 g/mol. The predicted molar refractivity (Wildman–Crippen MR) is 88.2 cm³/mol. The van der Waals surface area contributed by atoms with Gasteiger partial charge in [-0.2, -0.15) is 0 Å². The maximum Gasteiger partial charge on any atom is 0.253 e. The van der Waals surface area contributed by atoms with Gasteiger partial charge in [0.2, 0.25) is 0 Å². The molecule has 24 heavy (non-hydrogen) atoms. The number of likely N-dealkylation sites (tertiary alicyclic amines) is 1. The van der Waals surface area contributed by atoms with Gasteiger partial charge >= 0.3 is 0 Å². The molecule has 4 rings (SSSR count). The molecule has 122 valence electrons. The number of benzene rings is 1. The van der Waals surface area contributed by atoms with Crippen LogP contribution in [0.3, 0.4) is 0 Å². The summed E-state index contributed by atoms with van der Waals surface area (Å²) in [6, 6.07) is 7.91. The number of hydrogen-bond acceptors (Lipinski definition) is 3. The van der Waals surface area contributed by atoms with E-state index < -0.39 is 0 Å². The van der Waals surface area contributed by atoms with Crippen molar-refractivity contribution < 1.29 is 9.18 Å². The Morgan fingerprint density at radius 3 is 2.71 bits per heavy atom. The van der Waals surface area contributed by atoms with Crippen molar-refractivity contribution in [3.63, 3.8) is 0 Å². The van der Waals surface area contributed by atoms with Gasteiger partial charge in [0.1, 0.15) is 11.3 Å². The van der Waals surface area contributed by atoms with Crippen molar-refractivity contribution in [2.45, 2.75) is 18.8 Å². The van der Waals surface area contributed by atoms with Gasteiger partial charge in [0, 0.05) is 42.7 Å². The Labute approximate surface area is 138 Å². The number of carbonyl (C=O) groups excluding carboxylic acids is 1. The highest BCUT2D eigenvalue weighted by atomic mass is 19.1. The average Bonchev–Trinajstić information content (AvgIpc) is 3.05. The molecule has 1 aromatic carbocycles. The zero-order valence-electron chi connectivity index (χ0n) is 13.1. The first kappa shape index (κ1) is 14.8. The summed E-state index contributed by atoms with van der Waals surface area (Å²) in [4.78, 5) is 26.1. The van der Waals surface area contributed by atoms with E-state index >= 15 is 0 Å². The second-order valence-corrected chi connectivity index (χ2v) is 6.09. The number of amides is 1. The number of halogens is 1. The van der Waals surface area contributed by atoms with E-state index in [0.29, 0.717) is 24.6 Å². The fourth-order valence-electron chi connectivity index (χ4n) is 3.29. The van der Waals surface area contributed by atoms with Crippen molar-refractivity contribution in [1.29, 1.82) is 0 Å². The van der Waals surface area contributed by atoms with E-state index in [0.717, 1.165) is 29.7 Å². The number of aromatic nitrogens is 3. The van der Waals surface area contributed by atoms with Crippen LogP contribution in [0.1, 0.15) is 34.8 Å². The lowest BCUT2D eigenvalue weighted by Crippen LogP contribution is -2.38. The van der Waals surface area contributed by atoms with E-state index in [1.165, 1.54) is 12.1 Å². The fraction of sp³-hybridized carbons (Fsp3) is 0.278. The molecule has 3 aromatic rings. The van der Waals surface area contributed by atoms with Gasteiger partial charge in [-0.25, -0.2) is 9.37 Å². The summed E-state index contributed by atoms with van der Waals surface area (Å²) in [6.07, 6.45) is 5.09. The summed E-state index contributed by atoms with van der Waals surface area (Å²) >= 11 is 0. The maximum atomic E-state index is 13.3. The Kier molecular flexibility index (Phi) is 3.72. The van der Waals surface area contributed by atoms with E-state index in [1.807, 2.05) is 6.07 Å². The Balaban J connectivity index is 1.45. The van der Waals surface area contributed by atoms with Gasteiger partial charge in [0.05, 0.1) is 0 Å². The summed E-state index contributed by atoms with van der Waals surface area (Å²) in [5.74, 6) is -0.126. The van der Waals surface area contributed by atoms with Gasteiger partial charge in [-0.1, -0.05) is 6.07 Å². The van der Waals surface area contributed by atoms with Crippen molar-refractivity contribution in [2.75, 3.05) is 13.1 Å². The van der Waals surface area contributed by atoms with Crippen LogP contribution in [0.4, 0.5) is 4.39 Å². The lowest BCUT2D eigenvalue weighted by Gasteiger charge is -2.31. The van der Waals surface area contributed by atoms with E-state index in [1.54, 1.807) is 29.4 Å². The van der Waals surface area contributed by atoms with Crippen molar-refractivity contribution >= 4 is 17.1 Å². The van der Waals surface area contributed by atoms with Crippen molar-refractivity contribution in [1.82, 2.24) is 19.9 Å². The highest BCUT2D eigenvalue weighted by Crippen LogP contribution is 2.29. The van der Waals surface area contributed by atoms with Crippen molar-refractivity contribution in [3.8, 4) is 0 Å². The van der Waals surface area contributed by atoms with Gasteiger partial charge in [-0.15, -0.1) is 0 Å². The highest BCUT2D eigenvalue weighted by Gasteiger charge is 2.25. The third kappa shape index (κ3) is 2.75. The molecular formula is C18H17FN4O. The summed E-state index contributed by atoms with van der Waals surface area (Å²) in [5.41, 5.74) is 3.19. The largest absolute Gasteiger partial charge is 0.342 e. The molecular weight excluding hydrogens is 307 g/mol. The number of carbonyl (C=O) groups is 1. The Bertz CT molecular complexity index is 850. The number of fused-ring (bicyclic) bond motifs is 1. The minimum atomic E-state index is -0.381. The van der Waals surface area contributed by atoms with Gasteiger partial charge in [-0.05, 0) is 37.1 Å². The van der Waals surface area contributed by atoms with Crippen LogP contribution in [-0.2, 0) is 0 Å². The van der Waals surface area contributed by atoms with Gasteiger partial charge in [0.15, 0.2) is 5.65 Å². The minimum absolute atomic E-state index is 0.104. The number of aromatic amines is 1. The molecule has 0 radical (unpaired) electrons. The lowest BCUT2D eigenvalue weighted by molar-refractivity contribution is 0.0711. The second-order valence-electron chi connectivity index (χ2n) is 6.09. The number of piperidine rings is 1. The second kappa shape index (κ2) is 6.03. The van der Waals surface area contributed by atoms with Crippen LogP contribution in [0.5, 0.6) is 0 Å². The zero-order chi connectivity index (χ0) is 16.5. The van der Waals surface area contributed by atoms with E-state index in [2.05, 4.69) is 15.0 Å². The van der Waals surface area contributed by atoms with Gasteiger partial charge in [0.25, 0.3) is 5.91 Å². The monoisotopic (exact) mass is 324 g/mol. The van der Waals surface area contributed by atoms with Crippen LogP contribution in [0, 0.1) is 5.82 Å². The van der Waals surface area contributed by atoms with Crippen molar-refractivity contribution in [3.05, 3.63) is 59.8 Å². The van der Waals surface area contributed by atoms with Crippen LogP contribution in [0.15, 0.2) is 42.7 Å². The third-order valence-corrected chi connectivity index (χ3v) is 4.58. The maximum absolute atomic E-state index is 13.3. The Morgan fingerprint density at radius 2 is 1.96 bits per heavy atom. The minimum Gasteiger partial charge on any atom is -0.342 e. The molecule has 3 heterocycles. The standard InChI is InChI=1S/C18H17FN4O/c19-14-3-1-2-13(10-14)18(24)23-8-4-12(5-9-23)15-11-16-17(22-15)21-7-6-20-16/h1-3,6-7,10-12H,4-5,8-9H2,(H,21,22). The summed E-state index contributed by atoms with van der Waals surface area (Å²) < 4.78 is 13.3. The molecule has 6 heteroatoms. The molecule has 1 saturated heterocycles. The molecule has 5 nitrogen and oxygen atoms in total. The topological polar surface area (TPSA) is 61.9 Å². The Hall–Kier alpha value is -2.76. The van der Waals surface area contributed by atoms with E-state index in [-0.39, 0.29) is 11.7 Å². The molecule has 1 aliphatic rings. The smallest absolute Gasteiger partial charge is 0.253 e. The number of hydrogen-bond donors (Lipinski definition) is 1. The summed E-state index contributed by atoms with van der Waals surface area (Å²) in [7, 11) is 0. The van der Waals surface area contributed by atoms with Crippen LogP contribution < -0.4 is 0 Å². The number of H-pyrrole nitrogens is 1. The van der Waals surface area contributed by atoms with E-state index in [4.69, 9.17) is 0 Å². The van der Waals surface area contributed by atoms with E-state index in [9.17, 15) is 9.18 Å². The molecule has 0 saturated carbocycles. The Morgan fingerprint density at radius 1 is 1.17 bits per heavy atom. The van der Waals surface area contributed by atoms with Crippen LogP contribution in [0.25, 0.3) is 11.2 Å². The van der Waals surface area contributed by atoms with Crippen molar-refractivity contribution in [2.24, 2.45) is 0 Å². The summed E-state index contributed by atoms with van der Waals surface area (Å²) in [6.45, 7) is 1.33. The molecule has 2 aromatic heterocycles. The number of rotatable bonds is 2. The summed E-state index contributed by atoms with van der Waals surface area (Å²) in [5, 5.41) is 0. The van der Waals surface area contributed by atoms with Crippen LogP contribution >= 0.6 is 0 Å². The zero-order valence-corrected chi connectivity index (χ0v) is 13.1. The predicted octanol–water partition coefficient (Wildman–Crippen LogP) is 3.12. The lowest BCUT2D eigenvalue weighted by atomic mass is 9.93.